The Morgan fingerprint density at radius 3 is 2.42 bits per heavy atom. The van der Waals surface area contributed by atoms with Crippen molar-refractivity contribution in [3.8, 4) is 5.75 Å². The Morgan fingerprint density at radius 2 is 1.67 bits per heavy atom. The number of hydrogen-bond donors (Lipinski definition) is 1. The summed E-state index contributed by atoms with van der Waals surface area (Å²) in [6.45, 7) is 0. The standard InChI is InChI=1S/C26H22BrN5O/c1-31(2)19-13-9-16(10-14-19)24-22-23(30-26-28-15-29-32(24)26)20-5-3-4-6-21(20)33-25(22)17-7-11-18(27)12-8-17/h3-15,24-25H,1-2H3,(H,28,29,30)/t24-,25-/m1/s1. The third-order valence-electron chi connectivity index (χ3n) is 6.22. The molecule has 0 aliphatic carbocycles. The number of aromatic nitrogens is 3. The van der Waals surface area contributed by atoms with Crippen LogP contribution in [0.2, 0.25) is 0 Å². The minimum atomic E-state index is -0.272. The maximum atomic E-state index is 6.65. The normalized spacial score (nSPS) is 18.5. The SMILES string of the molecule is CN(C)c1ccc([C@@H]2C3=C(Nc4ncnn42)c2ccccc2O[C@@H]3c2ccc(Br)cc2)cc1. The molecule has 1 N–H and O–H groups in total. The number of fused-ring (bicyclic) bond motifs is 3. The van der Waals surface area contributed by atoms with Crippen LogP contribution in [0.1, 0.15) is 28.8 Å². The Bertz CT molecular complexity index is 1360. The smallest absolute Gasteiger partial charge is 0.226 e. The number of nitrogens with zero attached hydrogens (tertiary/aromatic N) is 4. The van der Waals surface area contributed by atoms with Gasteiger partial charge in [0.05, 0.1) is 5.70 Å². The summed E-state index contributed by atoms with van der Waals surface area (Å²) in [5.74, 6) is 1.58. The van der Waals surface area contributed by atoms with Crippen molar-refractivity contribution in [1.29, 1.82) is 0 Å². The van der Waals surface area contributed by atoms with Gasteiger partial charge in [-0.05, 0) is 47.5 Å². The lowest BCUT2D eigenvalue weighted by Crippen LogP contribution is -2.32. The van der Waals surface area contributed by atoms with E-state index in [-0.39, 0.29) is 12.1 Å². The molecule has 3 aromatic carbocycles. The molecule has 2 aliphatic heterocycles. The number of benzene rings is 3. The minimum Gasteiger partial charge on any atom is -0.480 e. The van der Waals surface area contributed by atoms with Crippen molar-refractivity contribution in [2.45, 2.75) is 12.1 Å². The molecule has 7 heteroatoms. The fourth-order valence-corrected chi connectivity index (χ4v) is 4.87. The zero-order valence-electron chi connectivity index (χ0n) is 18.2. The van der Waals surface area contributed by atoms with Crippen molar-refractivity contribution in [2.75, 3.05) is 24.3 Å². The van der Waals surface area contributed by atoms with E-state index in [4.69, 9.17) is 4.74 Å². The summed E-state index contributed by atoms with van der Waals surface area (Å²) in [5.41, 5.74) is 6.55. The van der Waals surface area contributed by atoms with Gasteiger partial charge >= 0.3 is 0 Å². The topological polar surface area (TPSA) is 55.2 Å². The largest absolute Gasteiger partial charge is 0.480 e. The third-order valence-corrected chi connectivity index (χ3v) is 6.75. The van der Waals surface area contributed by atoms with Crippen molar-refractivity contribution in [3.63, 3.8) is 0 Å². The van der Waals surface area contributed by atoms with E-state index in [1.807, 2.05) is 37.0 Å². The first kappa shape index (κ1) is 20.1. The highest BCUT2D eigenvalue weighted by molar-refractivity contribution is 9.10. The van der Waals surface area contributed by atoms with Crippen LogP contribution in [0, 0.1) is 0 Å². The van der Waals surface area contributed by atoms with Gasteiger partial charge in [-0.15, -0.1) is 0 Å². The maximum absolute atomic E-state index is 6.65. The Morgan fingerprint density at radius 1 is 0.939 bits per heavy atom. The van der Waals surface area contributed by atoms with Crippen LogP contribution >= 0.6 is 15.9 Å². The highest BCUT2D eigenvalue weighted by Gasteiger charge is 2.40. The lowest BCUT2D eigenvalue weighted by atomic mass is 9.84. The molecule has 0 unspecified atom stereocenters. The maximum Gasteiger partial charge on any atom is 0.226 e. The van der Waals surface area contributed by atoms with E-state index < -0.39 is 0 Å². The molecule has 0 fully saturated rings. The van der Waals surface area contributed by atoms with E-state index in [9.17, 15) is 0 Å². The zero-order chi connectivity index (χ0) is 22.5. The Hall–Kier alpha value is -3.58. The van der Waals surface area contributed by atoms with E-state index in [1.165, 1.54) is 0 Å². The molecule has 6 rings (SSSR count). The molecule has 0 saturated carbocycles. The summed E-state index contributed by atoms with van der Waals surface area (Å²) in [7, 11) is 4.09. The molecule has 2 atom stereocenters. The average molecular weight is 500 g/mol. The van der Waals surface area contributed by atoms with Gasteiger partial charge in [-0.3, -0.25) is 0 Å². The summed E-state index contributed by atoms with van der Waals surface area (Å²) < 4.78 is 9.64. The van der Waals surface area contributed by atoms with Gasteiger partial charge in [-0.25, -0.2) is 4.68 Å². The van der Waals surface area contributed by atoms with Gasteiger partial charge in [-0.2, -0.15) is 10.1 Å². The predicted octanol–water partition coefficient (Wildman–Crippen LogP) is 5.67. The lowest BCUT2D eigenvalue weighted by molar-refractivity contribution is 0.223. The first-order valence-electron chi connectivity index (χ1n) is 10.8. The summed E-state index contributed by atoms with van der Waals surface area (Å²) >= 11 is 3.56. The van der Waals surface area contributed by atoms with Gasteiger partial charge in [0.1, 0.15) is 24.2 Å². The number of halogens is 1. The Labute approximate surface area is 200 Å². The Balaban J connectivity index is 1.59. The van der Waals surface area contributed by atoms with Crippen molar-refractivity contribution in [3.05, 3.63) is 106 Å². The average Bonchev–Trinajstić information content (AvgIpc) is 3.31. The van der Waals surface area contributed by atoms with Crippen molar-refractivity contribution in [1.82, 2.24) is 14.8 Å². The second kappa shape index (κ2) is 7.78. The zero-order valence-corrected chi connectivity index (χ0v) is 19.8. The van der Waals surface area contributed by atoms with Gasteiger partial charge in [0.2, 0.25) is 5.95 Å². The van der Waals surface area contributed by atoms with Crippen molar-refractivity contribution in [2.24, 2.45) is 0 Å². The molecule has 33 heavy (non-hydrogen) atoms. The predicted molar refractivity (Wildman–Crippen MR) is 133 cm³/mol. The second-order valence-corrected chi connectivity index (χ2v) is 9.33. The third kappa shape index (κ3) is 3.31. The fraction of sp³-hybridized carbons (Fsp3) is 0.154. The number of ether oxygens (including phenoxy) is 1. The highest BCUT2D eigenvalue weighted by atomic mass is 79.9. The molecule has 0 bridgehead atoms. The molecule has 6 nitrogen and oxygen atoms in total. The number of para-hydroxylation sites is 1. The van der Waals surface area contributed by atoms with Crippen LogP contribution in [-0.2, 0) is 0 Å². The highest BCUT2D eigenvalue weighted by Crippen LogP contribution is 2.50. The number of hydrogen-bond acceptors (Lipinski definition) is 5. The first-order valence-corrected chi connectivity index (χ1v) is 11.6. The van der Waals surface area contributed by atoms with Gasteiger partial charge < -0.3 is 15.0 Å². The molecule has 0 saturated heterocycles. The summed E-state index contributed by atoms with van der Waals surface area (Å²) in [4.78, 5) is 6.60. The van der Waals surface area contributed by atoms with E-state index in [0.717, 1.165) is 49.8 Å². The van der Waals surface area contributed by atoms with E-state index in [2.05, 4.69) is 90.8 Å². The molecule has 0 amide bonds. The number of rotatable bonds is 3. The van der Waals surface area contributed by atoms with Crippen LogP contribution in [0.15, 0.2) is 89.2 Å². The molecule has 0 radical (unpaired) electrons. The van der Waals surface area contributed by atoms with E-state index >= 15 is 0 Å². The minimum absolute atomic E-state index is 0.156. The van der Waals surface area contributed by atoms with Crippen LogP contribution in [0.3, 0.4) is 0 Å². The lowest BCUT2D eigenvalue weighted by Gasteiger charge is -2.39. The quantitative estimate of drug-likeness (QED) is 0.393. The molecule has 2 aliphatic rings. The van der Waals surface area contributed by atoms with Gasteiger partial charge in [0.25, 0.3) is 0 Å². The number of anilines is 2. The van der Waals surface area contributed by atoms with E-state index in [0.29, 0.717) is 0 Å². The van der Waals surface area contributed by atoms with Gasteiger partial charge in [0, 0.05) is 35.4 Å². The first-order chi connectivity index (χ1) is 16.1. The van der Waals surface area contributed by atoms with E-state index in [1.54, 1.807) is 6.33 Å². The summed E-state index contributed by atoms with van der Waals surface area (Å²) in [6, 6.07) is 24.9. The van der Waals surface area contributed by atoms with Crippen LogP contribution in [-0.4, -0.2) is 28.9 Å². The van der Waals surface area contributed by atoms with Gasteiger partial charge in [0.15, 0.2) is 0 Å². The fourth-order valence-electron chi connectivity index (χ4n) is 4.61. The molecule has 4 aromatic rings. The molecular weight excluding hydrogens is 478 g/mol. The van der Waals surface area contributed by atoms with Gasteiger partial charge in [-0.1, -0.05) is 52.3 Å². The number of nitrogens with one attached hydrogen (secondary N) is 1. The van der Waals surface area contributed by atoms with Crippen LogP contribution in [0.25, 0.3) is 5.70 Å². The van der Waals surface area contributed by atoms with Crippen molar-refractivity contribution < 1.29 is 4.74 Å². The summed E-state index contributed by atoms with van der Waals surface area (Å²) in [5, 5.41) is 8.14. The molecular formula is C26H22BrN5O. The molecule has 0 spiro atoms. The van der Waals surface area contributed by atoms with Crippen LogP contribution in [0.5, 0.6) is 5.75 Å². The van der Waals surface area contributed by atoms with Crippen molar-refractivity contribution >= 4 is 33.3 Å². The molecule has 164 valence electrons. The summed E-state index contributed by atoms with van der Waals surface area (Å²) in [6.07, 6.45) is 1.33. The monoisotopic (exact) mass is 499 g/mol. The Kier molecular flexibility index (Phi) is 4.73. The molecule has 1 aromatic heterocycles. The van der Waals surface area contributed by atoms with Crippen LogP contribution in [0.4, 0.5) is 11.6 Å². The second-order valence-electron chi connectivity index (χ2n) is 8.42. The van der Waals surface area contributed by atoms with Crippen LogP contribution < -0.4 is 15.0 Å². The molecule has 3 heterocycles.